The number of para-hydroxylation sites is 1. The fraction of sp³-hybridized carbons (Fsp3) is 0.308. The minimum atomic E-state index is -0.216. The highest BCUT2D eigenvalue weighted by atomic mass is 79.9. The summed E-state index contributed by atoms with van der Waals surface area (Å²) in [5.74, 6) is 0. The zero-order chi connectivity index (χ0) is 13.5. The molecule has 1 aromatic carbocycles. The SMILES string of the molecule is CC(C)(C)c1[nH]n(-c2ccccc2Br)c(=O)c1N. The molecule has 18 heavy (non-hydrogen) atoms. The Labute approximate surface area is 114 Å². The molecule has 0 radical (unpaired) electrons. The van der Waals surface area contributed by atoms with Crippen molar-refractivity contribution in [1.82, 2.24) is 9.78 Å². The lowest BCUT2D eigenvalue weighted by molar-refractivity contribution is 0.561. The van der Waals surface area contributed by atoms with Crippen molar-refractivity contribution in [2.75, 3.05) is 5.73 Å². The molecular formula is C13H16BrN3O. The number of nitrogens with two attached hydrogens (primary N) is 1. The number of halogens is 1. The summed E-state index contributed by atoms with van der Waals surface area (Å²) in [5, 5.41) is 3.10. The summed E-state index contributed by atoms with van der Waals surface area (Å²) in [4.78, 5) is 12.2. The molecule has 2 aromatic rings. The van der Waals surface area contributed by atoms with E-state index in [4.69, 9.17) is 5.73 Å². The highest BCUT2D eigenvalue weighted by Crippen LogP contribution is 2.26. The molecule has 0 aliphatic carbocycles. The van der Waals surface area contributed by atoms with Crippen LogP contribution in [0.15, 0.2) is 33.5 Å². The Balaban J connectivity index is 2.69. The van der Waals surface area contributed by atoms with Gasteiger partial charge in [0.15, 0.2) is 0 Å². The number of benzene rings is 1. The van der Waals surface area contributed by atoms with E-state index in [1.807, 2.05) is 45.0 Å². The zero-order valence-electron chi connectivity index (χ0n) is 10.6. The van der Waals surface area contributed by atoms with E-state index in [0.29, 0.717) is 0 Å². The highest BCUT2D eigenvalue weighted by Gasteiger charge is 2.23. The lowest BCUT2D eigenvalue weighted by atomic mass is 9.91. The molecule has 0 amide bonds. The van der Waals surface area contributed by atoms with Crippen LogP contribution in [0.2, 0.25) is 0 Å². The minimum Gasteiger partial charge on any atom is -0.393 e. The Kier molecular flexibility index (Phi) is 3.11. The molecule has 0 bridgehead atoms. The topological polar surface area (TPSA) is 63.8 Å². The number of nitrogens with zero attached hydrogens (tertiary/aromatic N) is 1. The van der Waals surface area contributed by atoms with Gasteiger partial charge in [-0.2, -0.15) is 0 Å². The number of anilines is 1. The van der Waals surface area contributed by atoms with Gasteiger partial charge >= 0.3 is 0 Å². The van der Waals surface area contributed by atoms with Gasteiger partial charge in [-0.3, -0.25) is 9.89 Å². The highest BCUT2D eigenvalue weighted by molar-refractivity contribution is 9.10. The van der Waals surface area contributed by atoms with Gasteiger partial charge in [-0.1, -0.05) is 32.9 Å². The van der Waals surface area contributed by atoms with E-state index in [-0.39, 0.29) is 16.7 Å². The zero-order valence-corrected chi connectivity index (χ0v) is 12.2. The number of nitrogens with one attached hydrogen (secondary N) is 1. The van der Waals surface area contributed by atoms with Crippen molar-refractivity contribution in [3.63, 3.8) is 0 Å². The maximum atomic E-state index is 12.2. The predicted octanol–water partition coefficient (Wildman–Crippen LogP) is 2.81. The number of rotatable bonds is 1. The molecule has 0 spiro atoms. The molecule has 3 N–H and O–H groups in total. The first kappa shape index (κ1) is 13.0. The molecular weight excluding hydrogens is 294 g/mol. The van der Waals surface area contributed by atoms with Crippen LogP contribution in [-0.2, 0) is 5.41 Å². The molecule has 2 rings (SSSR count). The molecule has 0 aliphatic heterocycles. The molecule has 0 unspecified atom stereocenters. The number of hydrogen-bond donors (Lipinski definition) is 2. The standard InChI is InChI=1S/C13H16BrN3O/c1-13(2,3)11-10(15)12(18)17(16-11)9-7-5-4-6-8(9)14/h4-7,16H,15H2,1-3H3. The maximum absolute atomic E-state index is 12.2. The second-order valence-electron chi connectivity index (χ2n) is 5.24. The monoisotopic (exact) mass is 309 g/mol. The molecule has 96 valence electrons. The first-order chi connectivity index (χ1) is 8.32. The third-order valence-electron chi connectivity index (χ3n) is 2.77. The van der Waals surface area contributed by atoms with Crippen LogP contribution in [0.25, 0.3) is 5.69 Å². The fourth-order valence-electron chi connectivity index (χ4n) is 1.82. The van der Waals surface area contributed by atoms with Crippen molar-refractivity contribution in [2.45, 2.75) is 26.2 Å². The third kappa shape index (κ3) is 2.10. The first-order valence-corrected chi connectivity index (χ1v) is 6.47. The van der Waals surface area contributed by atoms with Crippen LogP contribution in [0.5, 0.6) is 0 Å². The summed E-state index contributed by atoms with van der Waals surface area (Å²) in [6, 6.07) is 7.51. The summed E-state index contributed by atoms with van der Waals surface area (Å²) in [5.41, 5.74) is 7.27. The van der Waals surface area contributed by atoms with E-state index in [9.17, 15) is 4.79 Å². The average Bonchev–Trinajstić information content (AvgIpc) is 2.57. The Hall–Kier alpha value is -1.49. The third-order valence-corrected chi connectivity index (χ3v) is 3.44. The minimum absolute atomic E-state index is 0.199. The van der Waals surface area contributed by atoms with Crippen LogP contribution in [0.3, 0.4) is 0 Å². The number of aromatic amines is 1. The Morgan fingerprint density at radius 1 is 1.28 bits per heavy atom. The summed E-state index contributed by atoms with van der Waals surface area (Å²) in [7, 11) is 0. The van der Waals surface area contributed by atoms with Crippen molar-refractivity contribution in [3.05, 3.63) is 44.8 Å². The molecule has 0 aliphatic rings. The van der Waals surface area contributed by atoms with Crippen LogP contribution >= 0.6 is 15.9 Å². The van der Waals surface area contributed by atoms with Crippen molar-refractivity contribution in [2.24, 2.45) is 0 Å². The van der Waals surface area contributed by atoms with Gasteiger partial charge in [0.1, 0.15) is 5.69 Å². The lowest BCUT2D eigenvalue weighted by Crippen LogP contribution is -2.17. The Morgan fingerprint density at radius 3 is 2.39 bits per heavy atom. The first-order valence-electron chi connectivity index (χ1n) is 5.68. The normalized spacial score (nSPS) is 11.8. The molecule has 0 fully saturated rings. The van der Waals surface area contributed by atoms with Gasteiger partial charge in [0.2, 0.25) is 0 Å². The molecule has 1 aromatic heterocycles. The average molecular weight is 310 g/mol. The van der Waals surface area contributed by atoms with Crippen LogP contribution in [0, 0.1) is 0 Å². The number of aromatic nitrogens is 2. The van der Waals surface area contributed by atoms with Crippen molar-refractivity contribution in [1.29, 1.82) is 0 Å². The fourth-order valence-corrected chi connectivity index (χ4v) is 2.29. The van der Waals surface area contributed by atoms with Crippen LogP contribution in [0.1, 0.15) is 26.5 Å². The lowest BCUT2D eigenvalue weighted by Gasteiger charge is -2.16. The van der Waals surface area contributed by atoms with Gasteiger partial charge < -0.3 is 5.73 Å². The Morgan fingerprint density at radius 2 is 1.89 bits per heavy atom. The van der Waals surface area contributed by atoms with E-state index >= 15 is 0 Å². The second-order valence-corrected chi connectivity index (χ2v) is 6.10. The van der Waals surface area contributed by atoms with Gasteiger partial charge in [-0.05, 0) is 28.1 Å². The van der Waals surface area contributed by atoms with Crippen LogP contribution in [0.4, 0.5) is 5.69 Å². The van der Waals surface area contributed by atoms with E-state index < -0.39 is 0 Å². The Bertz CT molecular complexity index is 634. The maximum Gasteiger partial charge on any atom is 0.294 e. The number of H-pyrrole nitrogens is 1. The van der Waals surface area contributed by atoms with E-state index in [1.54, 1.807) is 0 Å². The van der Waals surface area contributed by atoms with Crippen LogP contribution < -0.4 is 11.3 Å². The largest absolute Gasteiger partial charge is 0.393 e. The van der Waals surface area contributed by atoms with E-state index in [1.165, 1.54) is 4.68 Å². The van der Waals surface area contributed by atoms with Crippen molar-refractivity contribution >= 4 is 21.6 Å². The smallest absolute Gasteiger partial charge is 0.294 e. The molecule has 0 saturated heterocycles. The van der Waals surface area contributed by atoms with Gasteiger partial charge in [0.25, 0.3) is 5.56 Å². The second kappa shape index (κ2) is 4.31. The quantitative estimate of drug-likeness (QED) is 0.850. The van der Waals surface area contributed by atoms with Gasteiger partial charge in [0, 0.05) is 9.89 Å². The van der Waals surface area contributed by atoms with Crippen molar-refractivity contribution < 1.29 is 0 Å². The summed E-state index contributed by atoms with van der Waals surface area (Å²) < 4.78 is 2.31. The van der Waals surface area contributed by atoms with Crippen molar-refractivity contribution in [3.8, 4) is 5.69 Å². The summed E-state index contributed by atoms with van der Waals surface area (Å²) in [6.07, 6.45) is 0. The molecule has 0 saturated carbocycles. The number of hydrogen-bond acceptors (Lipinski definition) is 2. The molecule has 0 atom stereocenters. The summed E-state index contributed by atoms with van der Waals surface area (Å²) in [6.45, 7) is 6.04. The molecule has 5 heteroatoms. The van der Waals surface area contributed by atoms with Crippen LogP contribution in [-0.4, -0.2) is 9.78 Å². The number of nitrogen functional groups attached to an aromatic ring is 1. The van der Waals surface area contributed by atoms with Gasteiger partial charge in [0.05, 0.1) is 11.4 Å². The van der Waals surface area contributed by atoms with E-state index in [2.05, 4.69) is 21.0 Å². The predicted molar refractivity (Wildman–Crippen MR) is 77.2 cm³/mol. The summed E-state index contributed by atoms with van der Waals surface area (Å²) >= 11 is 3.43. The molecule has 4 nitrogen and oxygen atoms in total. The van der Waals surface area contributed by atoms with E-state index in [0.717, 1.165) is 15.9 Å². The molecule has 1 heterocycles. The van der Waals surface area contributed by atoms with Gasteiger partial charge in [-0.15, -0.1) is 0 Å². The van der Waals surface area contributed by atoms with Gasteiger partial charge in [-0.25, -0.2) is 4.68 Å².